The largest absolute Gasteiger partial charge is 0.481 e. The van der Waals surface area contributed by atoms with Crippen molar-refractivity contribution in [1.82, 2.24) is 0 Å². The Hall–Kier alpha value is -1.75. The minimum atomic E-state index is -2.00. The summed E-state index contributed by atoms with van der Waals surface area (Å²) >= 11 is 0. The molecular weight excluding hydrogens is 1110 g/mol. The Kier molecular flexibility index (Phi) is 18.7. The van der Waals surface area contributed by atoms with Crippen LogP contribution in [0.5, 0.6) is 0 Å². The quantitative estimate of drug-likeness (QED) is 0.0639. The van der Waals surface area contributed by atoms with Gasteiger partial charge in [-0.15, -0.1) is 0 Å². The third-order valence-corrected chi connectivity index (χ3v) is 22.9. The first kappa shape index (κ1) is 65.2. The Bertz CT molecular complexity index is 2330. The van der Waals surface area contributed by atoms with Crippen LogP contribution in [0.15, 0.2) is 11.6 Å². The molecule has 5 aliphatic carbocycles. The van der Waals surface area contributed by atoms with Crippen molar-refractivity contribution in [2.75, 3.05) is 33.0 Å². The molecule has 0 unspecified atom stereocenters. The lowest BCUT2D eigenvalue weighted by Gasteiger charge is -2.71. The van der Waals surface area contributed by atoms with E-state index in [-0.39, 0.29) is 52.6 Å². The van der Waals surface area contributed by atoms with E-state index in [4.69, 9.17) is 47.4 Å². The molecule has 5 saturated heterocycles. The maximum atomic E-state index is 13.2. The number of allylic oxidation sites excluding steroid dienone is 2. The molecule has 5 aliphatic heterocycles. The van der Waals surface area contributed by atoms with Crippen molar-refractivity contribution in [2.24, 2.45) is 50.2 Å². The molecule has 0 aromatic heterocycles. The standard InChI is InChI=1S/C58H94O26/c1-24-34(63)44(82-47-40(69)37(66)30(22-76-47)80-50-43(72)45(38(67)29(20-60)79-50)83-48-41(70)39(68)36(65)28(19-59)78-48)42(71)49(77-24)84-46-35(64)27(62)21-75-51(46)81-33-11-12-54(4)31(55(33,5)23-61)10-13-57(7)32(54)9-8-25-26-18-53(2,3)14-16-58(26,52(73)74)17-15-56(25,57)6/h8,24,26-51,59-72H,9-23H2,1-7H3,(H,73,74)/t24-,26-,27-,28+,29+,30+,31+,32+,33-,34-,35-,36+,37+,38+,39-,40+,41+,42+,43+,44+,45-,46+,47-,48-,49-,50-,51-,54-,55-,56+,57+,58-/m0/s1. The van der Waals surface area contributed by atoms with E-state index in [2.05, 4.69) is 40.7 Å². The number of ether oxygens (including phenoxy) is 10. The number of hydrogen-bond donors (Lipinski definition) is 15. The normalized spacial score (nSPS) is 54.9. The molecular formula is C58H94O26. The Morgan fingerprint density at radius 1 is 0.560 bits per heavy atom. The molecule has 10 rings (SSSR count). The predicted octanol–water partition coefficient (Wildman–Crippen LogP) is -2.37. The molecule has 26 nitrogen and oxygen atoms in total. The van der Waals surface area contributed by atoms with E-state index in [1.165, 1.54) is 12.5 Å². The van der Waals surface area contributed by atoms with Crippen LogP contribution in [-0.2, 0) is 52.2 Å². The number of aliphatic hydroxyl groups is 14. The summed E-state index contributed by atoms with van der Waals surface area (Å²) < 4.78 is 59.2. The Morgan fingerprint density at radius 2 is 1.14 bits per heavy atom. The topological polar surface area (TPSA) is 413 Å². The summed E-state index contributed by atoms with van der Waals surface area (Å²) in [6, 6.07) is 0. The van der Waals surface area contributed by atoms with Gasteiger partial charge in [-0.2, -0.15) is 0 Å². The van der Waals surface area contributed by atoms with Crippen LogP contribution < -0.4 is 0 Å². The summed E-state index contributed by atoms with van der Waals surface area (Å²) in [6.45, 7) is 12.2. The van der Waals surface area contributed by atoms with Gasteiger partial charge in [-0.05, 0) is 111 Å². The summed E-state index contributed by atoms with van der Waals surface area (Å²) in [7, 11) is 0. The second kappa shape index (κ2) is 24.1. The van der Waals surface area contributed by atoms with Gasteiger partial charge in [-0.3, -0.25) is 4.79 Å². The van der Waals surface area contributed by atoms with Crippen molar-refractivity contribution in [1.29, 1.82) is 0 Å². The van der Waals surface area contributed by atoms with E-state index < -0.39 is 184 Å². The average molecular weight is 1210 g/mol. The van der Waals surface area contributed by atoms with E-state index in [0.717, 1.165) is 44.9 Å². The molecule has 84 heavy (non-hydrogen) atoms. The molecule has 15 N–H and O–H groups in total. The smallest absolute Gasteiger partial charge is 0.310 e. The number of hydrogen-bond acceptors (Lipinski definition) is 25. The van der Waals surface area contributed by atoms with Gasteiger partial charge in [0.05, 0.1) is 50.7 Å². The first-order chi connectivity index (χ1) is 39.4. The molecule has 0 radical (unpaired) electrons. The fraction of sp³-hybridized carbons (Fsp3) is 0.948. The maximum absolute atomic E-state index is 13.2. The molecule has 9 fully saturated rings. The number of carbonyl (C=O) groups is 1. The molecule has 32 atom stereocenters. The van der Waals surface area contributed by atoms with Crippen LogP contribution in [0.2, 0.25) is 0 Å². The van der Waals surface area contributed by atoms with Crippen LogP contribution in [0.3, 0.4) is 0 Å². The molecule has 0 bridgehead atoms. The molecule has 0 amide bonds. The third-order valence-electron chi connectivity index (χ3n) is 22.9. The van der Waals surface area contributed by atoms with E-state index in [1.54, 1.807) is 0 Å². The number of carboxylic acids is 1. The molecule has 10 aliphatic rings. The van der Waals surface area contributed by atoms with Gasteiger partial charge in [-0.25, -0.2) is 0 Å². The SMILES string of the molecule is C[C@@H]1O[C@@H](O[C@H]2[C@H](O[C@H]3CC[C@@]4(C)[C@@H](CC[C@]5(C)[C@@H]4CC=C4[C@@H]6CC(C)(C)CC[C@]6(C(=O)O)CC[C@]45C)[C@]3(C)CO)OC[C@H](O)[C@@H]2O)[C@H](O)[C@H](O[C@@H]2OC[C@@H](O[C@@H]3O[C@H](CO)[C@@H](O)[C@H](O[C@@H]4O[C@H](CO)[C@@H](O)[C@H](O)[C@H]4O)[C@H]3O)[C@@H](O)[C@H]2O)[C@H]1O. The molecule has 26 heteroatoms. The van der Waals surface area contributed by atoms with Gasteiger partial charge in [0.1, 0.15) is 104 Å². The predicted molar refractivity (Wildman–Crippen MR) is 284 cm³/mol. The number of aliphatic carboxylic acids is 1. The van der Waals surface area contributed by atoms with Crippen molar-refractivity contribution >= 4 is 5.97 Å². The summed E-state index contributed by atoms with van der Waals surface area (Å²) in [5.74, 6) is -0.554. The van der Waals surface area contributed by atoms with Crippen LogP contribution in [0.4, 0.5) is 0 Å². The van der Waals surface area contributed by atoms with Crippen LogP contribution in [0.25, 0.3) is 0 Å². The highest BCUT2D eigenvalue weighted by atomic mass is 16.8. The van der Waals surface area contributed by atoms with Crippen LogP contribution in [0, 0.1) is 50.2 Å². The Labute approximate surface area is 488 Å². The second-order valence-corrected chi connectivity index (χ2v) is 28.0. The van der Waals surface area contributed by atoms with Crippen LogP contribution >= 0.6 is 0 Å². The van der Waals surface area contributed by atoms with Crippen molar-refractivity contribution in [3.63, 3.8) is 0 Å². The van der Waals surface area contributed by atoms with Gasteiger partial charge in [-0.1, -0.05) is 53.2 Å². The maximum Gasteiger partial charge on any atom is 0.310 e. The third kappa shape index (κ3) is 10.8. The van der Waals surface area contributed by atoms with Gasteiger partial charge in [0.15, 0.2) is 31.5 Å². The number of carboxylic acid groups (broad SMARTS) is 1. The summed E-state index contributed by atoms with van der Waals surface area (Å²) in [4.78, 5) is 13.2. The van der Waals surface area contributed by atoms with E-state index in [1.807, 2.05) is 6.92 Å². The van der Waals surface area contributed by atoms with Crippen molar-refractivity contribution in [2.45, 2.75) is 260 Å². The highest BCUT2D eigenvalue weighted by Gasteiger charge is 2.70. The Balaban J connectivity index is 0.799. The number of rotatable bonds is 14. The summed E-state index contributed by atoms with van der Waals surface area (Å²) in [6.07, 6.45) is -29.9. The van der Waals surface area contributed by atoms with Crippen LogP contribution in [-0.4, -0.2) is 263 Å². The van der Waals surface area contributed by atoms with Crippen molar-refractivity contribution in [3.05, 3.63) is 11.6 Å². The zero-order valence-electron chi connectivity index (χ0n) is 49.0. The van der Waals surface area contributed by atoms with Crippen molar-refractivity contribution < 1.29 is 129 Å². The van der Waals surface area contributed by atoms with Gasteiger partial charge in [0.25, 0.3) is 0 Å². The minimum Gasteiger partial charge on any atom is -0.481 e. The fourth-order valence-corrected chi connectivity index (χ4v) is 17.5. The van der Waals surface area contributed by atoms with Crippen LogP contribution in [0.1, 0.15) is 113 Å². The average Bonchev–Trinajstić information content (AvgIpc) is 0.685. The first-order valence-corrected chi connectivity index (χ1v) is 30.2. The summed E-state index contributed by atoms with van der Waals surface area (Å²) in [5.41, 5.74) is -0.917. The molecule has 4 saturated carbocycles. The van der Waals surface area contributed by atoms with Gasteiger partial charge >= 0.3 is 5.97 Å². The van der Waals surface area contributed by atoms with E-state index in [0.29, 0.717) is 19.3 Å². The zero-order valence-corrected chi connectivity index (χ0v) is 49.0. The van der Waals surface area contributed by atoms with Gasteiger partial charge in [0, 0.05) is 5.41 Å². The summed E-state index contributed by atoms with van der Waals surface area (Å²) in [5, 5.41) is 164. The van der Waals surface area contributed by atoms with E-state index >= 15 is 0 Å². The minimum absolute atomic E-state index is 0.0258. The van der Waals surface area contributed by atoms with Gasteiger partial charge in [0.2, 0.25) is 0 Å². The monoisotopic (exact) mass is 1210 g/mol. The zero-order chi connectivity index (χ0) is 61.1. The Morgan fingerprint density at radius 3 is 1.80 bits per heavy atom. The van der Waals surface area contributed by atoms with Crippen molar-refractivity contribution in [3.8, 4) is 0 Å². The molecule has 0 aromatic rings. The highest BCUT2D eigenvalue weighted by molar-refractivity contribution is 5.76. The first-order valence-electron chi connectivity index (χ1n) is 30.2. The lowest BCUT2D eigenvalue weighted by Crippen LogP contribution is -2.67. The van der Waals surface area contributed by atoms with E-state index in [9.17, 15) is 81.4 Å². The molecule has 0 aromatic carbocycles. The fourth-order valence-electron chi connectivity index (χ4n) is 17.5. The molecule has 0 spiro atoms. The molecule has 482 valence electrons. The van der Waals surface area contributed by atoms with Gasteiger partial charge < -0.3 is 124 Å². The second-order valence-electron chi connectivity index (χ2n) is 28.0. The lowest BCUT2D eigenvalue weighted by atomic mass is 9.33. The number of fused-ring (bicyclic) bond motifs is 7. The number of aliphatic hydroxyl groups excluding tert-OH is 14. The lowest BCUT2D eigenvalue weighted by molar-refractivity contribution is -0.387. The highest BCUT2D eigenvalue weighted by Crippen LogP contribution is 2.76. The molecule has 5 heterocycles.